The van der Waals surface area contributed by atoms with Gasteiger partial charge in [0.1, 0.15) is 0 Å². The number of ether oxygens (including phenoxy) is 1. The van der Waals surface area contributed by atoms with Gasteiger partial charge >= 0.3 is 0 Å². The van der Waals surface area contributed by atoms with Crippen LogP contribution in [0.15, 0.2) is 29.3 Å². The molecule has 0 aliphatic carbocycles. The van der Waals surface area contributed by atoms with E-state index in [1.165, 1.54) is 17.5 Å². The third-order valence-corrected chi connectivity index (χ3v) is 4.14. The molecule has 0 radical (unpaired) electrons. The van der Waals surface area contributed by atoms with E-state index in [2.05, 4.69) is 53.3 Å². The highest BCUT2D eigenvalue weighted by molar-refractivity contribution is 5.80. The molecule has 1 heterocycles. The fourth-order valence-corrected chi connectivity index (χ4v) is 2.78. The lowest BCUT2D eigenvalue weighted by atomic mass is 9.93. The van der Waals surface area contributed by atoms with Crippen LogP contribution < -0.4 is 5.32 Å². The molecule has 1 saturated heterocycles. The van der Waals surface area contributed by atoms with Crippen molar-refractivity contribution in [2.24, 2.45) is 10.4 Å². The van der Waals surface area contributed by atoms with Gasteiger partial charge in [0, 0.05) is 33.3 Å². The number of aliphatic imine (C=N–C) groups is 1. The summed E-state index contributed by atoms with van der Waals surface area (Å²) in [7, 11) is 1.86. The summed E-state index contributed by atoms with van der Waals surface area (Å²) in [6.07, 6.45) is 1.22. The SMILES string of the molecule is CCOCc1ccc(CNC(=NC)N2CCC(C)(C)C2)cc1. The molecular formula is C18H29N3O. The molecule has 2 rings (SSSR count). The Hall–Kier alpha value is -1.55. The summed E-state index contributed by atoms with van der Waals surface area (Å²) in [5, 5.41) is 3.47. The standard InChI is InChI=1S/C18H29N3O/c1-5-22-13-16-8-6-15(7-9-16)12-20-17(19-4)21-11-10-18(2,3)14-21/h6-9H,5,10-14H2,1-4H3,(H,19,20). The van der Waals surface area contributed by atoms with E-state index in [9.17, 15) is 0 Å². The Morgan fingerprint density at radius 2 is 1.95 bits per heavy atom. The van der Waals surface area contributed by atoms with Crippen molar-refractivity contribution in [3.63, 3.8) is 0 Å². The number of hydrogen-bond donors (Lipinski definition) is 1. The van der Waals surface area contributed by atoms with Gasteiger partial charge in [-0.15, -0.1) is 0 Å². The quantitative estimate of drug-likeness (QED) is 0.671. The highest BCUT2D eigenvalue weighted by atomic mass is 16.5. The van der Waals surface area contributed by atoms with Gasteiger partial charge in [-0.05, 0) is 29.9 Å². The van der Waals surface area contributed by atoms with E-state index in [1.54, 1.807) is 0 Å². The summed E-state index contributed by atoms with van der Waals surface area (Å²) in [6, 6.07) is 8.58. The van der Waals surface area contributed by atoms with E-state index >= 15 is 0 Å². The van der Waals surface area contributed by atoms with Crippen molar-refractivity contribution < 1.29 is 4.74 Å². The van der Waals surface area contributed by atoms with Gasteiger partial charge < -0.3 is 15.0 Å². The van der Waals surface area contributed by atoms with E-state index in [0.29, 0.717) is 12.0 Å². The molecule has 0 atom stereocenters. The molecule has 0 spiro atoms. The Labute approximate surface area is 134 Å². The molecule has 1 aromatic rings. The predicted octanol–water partition coefficient (Wildman–Crippen LogP) is 3.03. The first-order valence-corrected chi connectivity index (χ1v) is 8.15. The highest BCUT2D eigenvalue weighted by Crippen LogP contribution is 2.28. The maximum absolute atomic E-state index is 5.42. The van der Waals surface area contributed by atoms with Crippen molar-refractivity contribution in [2.75, 3.05) is 26.7 Å². The summed E-state index contributed by atoms with van der Waals surface area (Å²) in [5.41, 5.74) is 2.87. The molecule has 0 aromatic heterocycles. The van der Waals surface area contributed by atoms with Crippen LogP contribution in [0.3, 0.4) is 0 Å². The monoisotopic (exact) mass is 303 g/mol. The lowest BCUT2D eigenvalue weighted by molar-refractivity contribution is 0.134. The normalized spacial score (nSPS) is 17.8. The van der Waals surface area contributed by atoms with E-state index in [1.807, 2.05) is 14.0 Å². The smallest absolute Gasteiger partial charge is 0.193 e. The molecule has 0 saturated carbocycles. The van der Waals surface area contributed by atoms with Crippen LogP contribution in [-0.2, 0) is 17.9 Å². The van der Waals surface area contributed by atoms with Crippen molar-refractivity contribution in [1.82, 2.24) is 10.2 Å². The molecule has 0 amide bonds. The summed E-state index contributed by atoms with van der Waals surface area (Å²) < 4.78 is 5.42. The zero-order chi connectivity index (χ0) is 16.0. The van der Waals surface area contributed by atoms with E-state index in [4.69, 9.17) is 4.74 Å². The first-order chi connectivity index (χ1) is 10.5. The molecule has 0 bridgehead atoms. The Bertz CT molecular complexity index is 494. The number of benzene rings is 1. The number of nitrogens with one attached hydrogen (secondary N) is 1. The molecular weight excluding hydrogens is 274 g/mol. The van der Waals surface area contributed by atoms with Gasteiger partial charge in [-0.2, -0.15) is 0 Å². The fourth-order valence-electron chi connectivity index (χ4n) is 2.78. The largest absolute Gasteiger partial charge is 0.377 e. The second-order valence-electron chi connectivity index (χ2n) is 6.69. The van der Waals surface area contributed by atoms with Gasteiger partial charge in [0.2, 0.25) is 0 Å². The Morgan fingerprint density at radius 3 is 2.50 bits per heavy atom. The molecule has 1 aromatic carbocycles. The maximum Gasteiger partial charge on any atom is 0.193 e. The van der Waals surface area contributed by atoms with Crippen molar-refractivity contribution in [2.45, 2.75) is 40.3 Å². The van der Waals surface area contributed by atoms with Crippen LogP contribution in [-0.4, -0.2) is 37.6 Å². The van der Waals surface area contributed by atoms with Gasteiger partial charge in [0.15, 0.2) is 5.96 Å². The van der Waals surface area contributed by atoms with Crippen LogP contribution >= 0.6 is 0 Å². The minimum atomic E-state index is 0.387. The number of guanidine groups is 1. The minimum absolute atomic E-state index is 0.387. The molecule has 1 aliphatic rings. The van der Waals surface area contributed by atoms with Gasteiger partial charge in [0.05, 0.1) is 6.61 Å². The van der Waals surface area contributed by atoms with Gasteiger partial charge in [0.25, 0.3) is 0 Å². The lowest BCUT2D eigenvalue weighted by Crippen LogP contribution is -2.40. The third kappa shape index (κ3) is 4.73. The van der Waals surface area contributed by atoms with Crippen LogP contribution in [0.4, 0.5) is 0 Å². The average Bonchev–Trinajstić information content (AvgIpc) is 2.87. The van der Waals surface area contributed by atoms with Crippen LogP contribution in [0, 0.1) is 5.41 Å². The Balaban J connectivity index is 1.86. The molecule has 22 heavy (non-hydrogen) atoms. The summed E-state index contributed by atoms with van der Waals surface area (Å²) in [4.78, 5) is 6.77. The molecule has 0 unspecified atom stereocenters. The van der Waals surface area contributed by atoms with Crippen LogP contribution in [0.25, 0.3) is 0 Å². The van der Waals surface area contributed by atoms with Gasteiger partial charge in [-0.3, -0.25) is 4.99 Å². The van der Waals surface area contributed by atoms with Gasteiger partial charge in [-0.25, -0.2) is 0 Å². The molecule has 4 nitrogen and oxygen atoms in total. The third-order valence-electron chi connectivity index (χ3n) is 4.14. The van der Waals surface area contributed by atoms with E-state index in [0.717, 1.165) is 32.2 Å². The first kappa shape index (κ1) is 16.8. The summed E-state index contributed by atoms with van der Waals surface area (Å²) in [6.45, 7) is 11.1. The number of hydrogen-bond acceptors (Lipinski definition) is 2. The molecule has 1 N–H and O–H groups in total. The minimum Gasteiger partial charge on any atom is -0.377 e. The van der Waals surface area contributed by atoms with Gasteiger partial charge in [-0.1, -0.05) is 38.1 Å². The first-order valence-electron chi connectivity index (χ1n) is 8.15. The number of rotatable bonds is 5. The molecule has 1 fully saturated rings. The predicted molar refractivity (Wildman–Crippen MR) is 91.9 cm³/mol. The number of likely N-dealkylation sites (tertiary alicyclic amines) is 1. The average molecular weight is 303 g/mol. The zero-order valence-electron chi connectivity index (χ0n) is 14.4. The maximum atomic E-state index is 5.42. The highest BCUT2D eigenvalue weighted by Gasteiger charge is 2.30. The van der Waals surface area contributed by atoms with Crippen LogP contribution in [0.1, 0.15) is 38.3 Å². The Kier molecular flexibility index (Phi) is 5.83. The van der Waals surface area contributed by atoms with Crippen molar-refractivity contribution in [1.29, 1.82) is 0 Å². The zero-order valence-corrected chi connectivity index (χ0v) is 14.4. The second-order valence-corrected chi connectivity index (χ2v) is 6.69. The van der Waals surface area contributed by atoms with Crippen molar-refractivity contribution in [3.05, 3.63) is 35.4 Å². The van der Waals surface area contributed by atoms with Crippen LogP contribution in [0.5, 0.6) is 0 Å². The molecule has 1 aliphatic heterocycles. The summed E-state index contributed by atoms with van der Waals surface area (Å²) in [5.74, 6) is 1.00. The molecule has 4 heteroatoms. The lowest BCUT2D eigenvalue weighted by Gasteiger charge is -2.23. The summed E-state index contributed by atoms with van der Waals surface area (Å²) >= 11 is 0. The fraction of sp³-hybridized carbons (Fsp3) is 0.611. The molecule has 122 valence electrons. The topological polar surface area (TPSA) is 36.9 Å². The van der Waals surface area contributed by atoms with Crippen LogP contribution in [0.2, 0.25) is 0 Å². The number of nitrogens with zero attached hydrogens (tertiary/aromatic N) is 2. The van der Waals surface area contributed by atoms with Crippen molar-refractivity contribution >= 4 is 5.96 Å². The Morgan fingerprint density at radius 1 is 1.27 bits per heavy atom. The second kappa shape index (κ2) is 7.63. The van der Waals surface area contributed by atoms with E-state index < -0.39 is 0 Å². The van der Waals surface area contributed by atoms with Crippen molar-refractivity contribution in [3.8, 4) is 0 Å². The van der Waals surface area contributed by atoms with E-state index in [-0.39, 0.29) is 0 Å².